The third-order valence-corrected chi connectivity index (χ3v) is 5.58. The average molecular weight is 509 g/mol. The number of halogens is 4. The lowest BCUT2D eigenvalue weighted by Gasteiger charge is -2.26. The minimum Gasteiger partial charge on any atom is -0.494 e. The molecule has 0 bridgehead atoms. The van der Waals surface area contributed by atoms with Crippen LogP contribution in [0.15, 0.2) is 47.3 Å². The summed E-state index contributed by atoms with van der Waals surface area (Å²) >= 11 is 6.31. The van der Waals surface area contributed by atoms with E-state index in [4.69, 9.17) is 16.3 Å². The topological polar surface area (TPSA) is 97.0 Å². The van der Waals surface area contributed by atoms with E-state index in [-0.39, 0.29) is 23.2 Å². The van der Waals surface area contributed by atoms with E-state index >= 15 is 0 Å². The zero-order valence-corrected chi connectivity index (χ0v) is 20.0. The number of alkyl halides is 3. The van der Waals surface area contributed by atoms with Gasteiger partial charge in [-0.1, -0.05) is 24.6 Å². The number of benzene rings is 2. The van der Waals surface area contributed by atoms with Gasteiger partial charge in [-0.25, -0.2) is 9.78 Å². The average Bonchev–Trinajstić information content (AvgIpc) is 2.81. The Bertz CT molecular complexity index is 1260. The van der Waals surface area contributed by atoms with Crippen molar-refractivity contribution in [2.45, 2.75) is 39.9 Å². The Kier molecular flexibility index (Phi) is 7.84. The summed E-state index contributed by atoms with van der Waals surface area (Å²) in [5.74, 6) is -0.203. The Balaban J connectivity index is 1.86. The number of hydrogen-bond acceptors (Lipinski definition) is 5. The fourth-order valence-electron chi connectivity index (χ4n) is 2.96. The summed E-state index contributed by atoms with van der Waals surface area (Å²) in [4.78, 5) is 35.2. The van der Waals surface area contributed by atoms with E-state index in [2.05, 4.69) is 20.3 Å². The standard InChI is InChI=1S/C24H24ClF3N4O3/c1-4-11-35-16-8-6-15(7-9-16)19-30-20(32-22(34)31-19)17-12-14(5-10-18(17)25)13-29-21(33)23(2,3)24(26,27)28/h5-10,12H,4,11,13H2,1-3H3,(H,29,33)(H,30,31,32,34). The first kappa shape index (κ1) is 26.2. The molecule has 0 aliphatic heterocycles. The van der Waals surface area contributed by atoms with Gasteiger partial charge in [0.2, 0.25) is 5.91 Å². The molecule has 0 unspecified atom stereocenters. The molecule has 0 saturated carbocycles. The molecule has 35 heavy (non-hydrogen) atoms. The molecule has 0 aliphatic rings. The van der Waals surface area contributed by atoms with Gasteiger partial charge in [0.1, 0.15) is 17.0 Å². The first-order chi connectivity index (χ1) is 16.4. The summed E-state index contributed by atoms with van der Waals surface area (Å²) in [6, 6.07) is 11.5. The Hall–Kier alpha value is -3.40. The molecule has 7 nitrogen and oxygen atoms in total. The number of amides is 1. The fourth-order valence-corrected chi connectivity index (χ4v) is 3.16. The molecule has 1 aromatic heterocycles. The predicted octanol–water partition coefficient (Wildman–Crippen LogP) is 5.15. The third kappa shape index (κ3) is 6.19. The zero-order chi connectivity index (χ0) is 25.8. The lowest BCUT2D eigenvalue weighted by Crippen LogP contribution is -2.46. The highest BCUT2D eigenvalue weighted by Gasteiger charge is 2.52. The molecule has 0 fully saturated rings. The molecule has 3 aromatic rings. The number of carbonyl (C=O) groups excluding carboxylic acids is 1. The lowest BCUT2D eigenvalue weighted by molar-refractivity contribution is -0.211. The molecule has 2 aromatic carbocycles. The normalized spacial score (nSPS) is 11.9. The number of hydrogen-bond donors (Lipinski definition) is 2. The first-order valence-corrected chi connectivity index (χ1v) is 11.2. The van der Waals surface area contributed by atoms with Crippen molar-refractivity contribution in [3.8, 4) is 28.5 Å². The fraction of sp³-hybridized carbons (Fsp3) is 0.333. The molecule has 0 spiro atoms. The molecule has 0 atom stereocenters. The predicted molar refractivity (Wildman–Crippen MR) is 126 cm³/mol. The maximum Gasteiger partial charge on any atom is 0.402 e. The van der Waals surface area contributed by atoms with Gasteiger partial charge in [-0.2, -0.15) is 18.2 Å². The summed E-state index contributed by atoms with van der Waals surface area (Å²) in [7, 11) is 0. The van der Waals surface area contributed by atoms with Crippen LogP contribution in [0.4, 0.5) is 13.2 Å². The van der Waals surface area contributed by atoms with E-state index in [1.165, 1.54) is 12.1 Å². The van der Waals surface area contributed by atoms with Crippen molar-refractivity contribution < 1.29 is 22.7 Å². The molecule has 1 amide bonds. The summed E-state index contributed by atoms with van der Waals surface area (Å²) in [6.07, 6.45) is -3.83. The molecular formula is C24H24ClF3N4O3. The van der Waals surface area contributed by atoms with E-state index in [0.29, 0.717) is 29.0 Å². The maximum atomic E-state index is 13.1. The minimum atomic E-state index is -4.70. The van der Waals surface area contributed by atoms with Crippen LogP contribution in [0, 0.1) is 5.41 Å². The quantitative estimate of drug-likeness (QED) is 0.439. The van der Waals surface area contributed by atoms with Crippen molar-refractivity contribution in [1.29, 1.82) is 0 Å². The van der Waals surface area contributed by atoms with Crippen LogP contribution in [0.5, 0.6) is 5.75 Å². The van der Waals surface area contributed by atoms with E-state index in [1.54, 1.807) is 30.3 Å². The van der Waals surface area contributed by atoms with Gasteiger partial charge in [0.05, 0.1) is 11.6 Å². The maximum absolute atomic E-state index is 13.1. The molecule has 2 N–H and O–H groups in total. The van der Waals surface area contributed by atoms with Crippen LogP contribution in [-0.2, 0) is 11.3 Å². The van der Waals surface area contributed by atoms with Gasteiger partial charge in [0.15, 0.2) is 5.82 Å². The van der Waals surface area contributed by atoms with Crippen molar-refractivity contribution in [3.63, 3.8) is 0 Å². The molecule has 11 heteroatoms. The van der Waals surface area contributed by atoms with Crippen molar-refractivity contribution >= 4 is 17.5 Å². The number of nitrogens with zero attached hydrogens (tertiary/aromatic N) is 2. The largest absolute Gasteiger partial charge is 0.494 e. The second-order valence-corrected chi connectivity index (χ2v) is 8.73. The van der Waals surface area contributed by atoms with E-state index < -0.39 is 23.2 Å². The number of H-pyrrole nitrogens is 1. The van der Waals surface area contributed by atoms with Crippen molar-refractivity contribution in [2.24, 2.45) is 5.41 Å². The summed E-state index contributed by atoms with van der Waals surface area (Å²) in [6.45, 7) is 4.02. The Labute approximate surface area is 204 Å². The van der Waals surface area contributed by atoms with Gasteiger partial charge in [0, 0.05) is 17.7 Å². The van der Waals surface area contributed by atoms with Crippen LogP contribution >= 0.6 is 11.6 Å². The van der Waals surface area contributed by atoms with E-state index in [9.17, 15) is 22.8 Å². The first-order valence-electron chi connectivity index (χ1n) is 10.8. The lowest BCUT2D eigenvalue weighted by atomic mass is 9.91. The Morgan fingerprint density at radius 2 is 1.80 bits per heavy atom. The number of aromatic nitrogens is 3. The van der Waals surface area contributed by atoms with Crippen LogP contribution in [0.3, 0.4) is 0 Å². The highest BCUT2D eigenvalue weighted by atomic mass is 35.5. The molecule has 0 aliphatic carbocycles. The number of nitrogens with one attached hydrogen (secondary N) is 2. The molecule has 0 saturated heterocycles. The molecular weight excluding hydrogens is 485 g/mol. The van der Waals surface area contributed by atoms with Crippen LogP contribution < -0.4 is 15.7 Å². The van der Waals surface area contributed by atoms with Gasteiger partial charge in [-0.15, -0.1) is 0 Å². The van der Waals surface area contributed by atoms with Crippen molar-refractivity contribution in [2.75, 3.05) is 6.61 Å². The minimum absolute atomic E-state index is 0.125. The van der Waals surface area contributed by atoms with Gasteiger partial charge >= 0.3 is 11.9 Å². The Morgan fingerprint density at radius 3 is 2.43 bits per heavy atom. The van der Waals surface area contributed by atoms with Crippen molar-refractivity contribution in [3.05, 3.63) is 63.5 Å². The smallest absolute Gasteiger partial charge is 0.402 e. The SMILES string of the molecule is CCCOc1ccc(-c2nc(-c3cc(CNC(=O)C(C)(C)C(F)(F)F)ccc3Cl)[nH]c(=O)n2)cc1. The van der Waals surface area contributed by atoms with Gasteiger partial charge < -0.3 is 10.1 Å². The highest BCUT2D eigenvalue weighted by molar-refractivity contribution is 6.33. The van der Waals surface area contributed by atoms with Crippen LogP contribution in [0.1, 0.15) is 32.8 Å². The summed E-state index contributed by atoms with van der Waals surface area (Å²) in [5.41, 5.74) is -1.83. The number of carbonyl (C=O) groups is 1. The number of ether oxygens (including phenoxy) is 1. The van der Waals surface area contributed by atoms with Gasteiger partial charge in [-0.3, -0.25) is 9.78 Å². The van der Waals surface area contributed by atoms with Crippen molar-refractivity contribution in [1.82, 2.24) is 20.3 Å². The highest BCUT2D eigenvalue weighted by Crippen LogP contribution is 2.37. The van der Waals surface area contributed by atoms with Gasteiger partial charge in [0.25, 0.3) is 0 Å². The summed E-state index contributed by atoms with van der Waals surface area (Å²) < 4.78 is 44.9. The molecule has 3 rings (SSSR count). The van der Waals surface area contributed by atoms with E-state index in [1.807, 2.05) is 6.92 Å². The van der Waals surface area contributed by atoms with Crippen LogP contribution in [0.2, 0.25) is 5.02 Å². The zero-order valence-electron chi connectivity index (χ0n) is 19.3. The van der Waals surface area contributed by atoms with Crippen LogP contribution in [-0.4, -0.2) is 33.6 Å². The second kappa shape index (κ2) is 10.5. The van der Waals surface area contributed by atoms with Crippen LogP contribution in [0.25, 0.3) is 22.8 Å². The van der Waals surface area contributed by atoms with E-state index in [0.717, 1.165) is 20.3 Å². The Morgan fingerprint density at radius 1 is 1.11 bits per heavy atom. The molecule has 0 radical (unpaired) electrons. The monoisotopic (exact) mass is 508 g/mol. The third-order valence-electron chi connectivity index (χ3n) is 5.25. The van der Waals surface area contributed by atoms with Gasteiger partial charge in [-0.05, 0) is 62.2 Å². The second-order valence-electron chi connectivity index (χ2n) is 8.32. The molecule has 1 heterocycles. The number of aromatic amines is 1. The molecule has 186 valence electrons. The number of rotatable bonds is 8. The summed E-state index contributed by atoms with van der Waals surface area (Å²) in [5, 5.41) is 2.54.